The number of carbonyl (C=O) groups excluding carboxylic acids is 2. The highest BCUT2D eigenvalue weighted by atomic mass is 16.6. The molecule has 1 N–H and O–H groups in total. The van der Waals surface area contributed by atoms with Crippen LogP contribution in [-0.4, -0.2) is 41.6 Å². The van der Waals surface area contributed by atoms with Gasteiger partial charge in [-0.1, -0.05) is 6.92 Å². The third kappa shape index (κ3) is 4.24. The highest BCUT2D eigenvalue weighted by molar-refractivity contribution is 5.78. The van der Waals surface area contributed by atoms with Crippen molar-refractivity contribution in [1.82, 2.24) is 10.2 Å². The third-order valence-corrected chi connectivity index (χ3v) is 2.65. The first-order chi connectivity index (χ1) is 7.83. The molecule has 0 bridgehead atoms. The minimum absolute atomic E-state index is 0.00508. The highest BCUT2D eigenvalue weighted by Crippen LogP contribution is 2.15. The number of hydrogen-bond donors (Lipinski definition) is 1. The van der Waals surface area contributed by atoms with E-state index in [-0.39, 0.29) is 18.0 Å². The zero-order valence-corrected chi connectivity index (χ0v) is 11.1. The average Bonchev–Trinajstić information content (AvgIpc) is 2.37. The molecule has 0 aliphatic carbocycles. The van der Waals surface area contributed by atoms with Gasteiger partial charge in [-0.05, 0) is 27.2 Å². The molecular formula is C12H22N2O3. The number of carbonyl (C=O) groups is 2. The first kappa shape index (κ1) is 13.8. The zero-order chi connectivity index (χ0) is 13.1. The first-order valence-electron chi connectivity index (χ1n) is 6.10. The Morgan fingerprint density at radius 2 is 2.18 bits per heavy atom. The second kappa shape index (κ2) is 5.38. The van der Waals surface area contributed by atoms with Gasteiger partial charge in [0.05, 0.1) is 6.04 Å². The predicted octanol–water partition coefficient (Wildman–Crippen LogP) is 1.52. The molecule has 0 saturated carbocycles. The van der Waals surface area contributed by atoms with Crippen LogP contribution < -0.4 is 5.32 Å². The van der Waals surface area contributed by atoms with Gasteiger partial charge in [-0.25, -0.2) is 4.79 Å². The lowest BCUT2D eigenvalue weighted by atomic mass is 10.2. The topological polar surface area (TPSA) is 58.6 Å². The van der Waals surface area contributed by atoms with Gasteiger partial charge in [0.2, 0.25) is 5.91 Å². The average molecular weight is 242 g/mol. The Hall–Kier alpha value is -1.26. The highest BCUT2D eigenvalue weighted by Gasteiger charge is 2.29. The number of hydrogen-bond acceptors (Lipinski definition) is 3. The summed E-state index contributed by atoms with van der Waals surface area (Å²) < 4.78 is 5.35. The summed E-state index contributed by atoms with van der Waals surface area (Å²) in [5, 5.41) is 2.80. The van der Waals surface area contributed by atoms with Gasteiger partial charge < -0.3 is 15.0 Å². The van der Waals surface area contributed by atoms with E-state index in [2.05, 4.69) is 5.32 Å². The summed E-state index contributed by atoms with van der Waals surface area (Å²) in [4.78, 5) is 25.0. The van der Waals surface area contributed by atoms with Crippen molar-refractivity contribution in [3.05, 3.63) is 0 Å². The normalized spacial score (nSPS) is 21.8. The molecule has 0 aromatic carbocycles. The molecular weight excluding hydrogens is 220 g/mol. The van der Waals surface area contributed by atoms with E-state index in [4.69, 9.17) is 4.74 Å². The lowest BCUT2D eigenvalue weighted by Crippen LogP contribution is -2.45. The minimum Gasteiger partial charge on any atom is -0.444 e. The van der Waals surface area contributed by atoms with E-state index < -0.39 is 5.60 Å². The third-order valence-electron chi connectivity index (χ3n) is 2.65. The first-order valence-corrected chi connectivity index (χ1v) is 6.10. The SMILES string of the molecule is CC[C@H]1CNC(=O)CCN1C(=O)OC(C)(C)C. The summed E-state index contributed by atoms with van der Waals surface area (Å²) >= 11 is 0. The molecule has 0 unspecified atom stereocenters. The molecule has 1 atom stereocenters. The van der Waals surface area contributed by atoms with Crippen molar-refractivity contribution in [2.45, 2.75) is 52.2 Å². The van der Waals surface area contributed by atoms with Crippen molar-refractivity contribution < 1.29 is 14.3 Å². The van der Waals surface area contributed by atoms with Gasteiger partial charge in [0.1, 0.15) is 5.60 Å². The second-order valence-corrected chi connectivity index (χ2v) is 5.29. The fraction of sp³-hybridized carbons (Fsp3) is 0.833. The zero-order valence-electron chi connectivity index (χ0n) is 11.1. The molecule has 5 nitrogen and oxygen atoms in total. The largest absolute Gasteiger partial charge is 0.444 e. The van der Waals surface area contributed by atoms with Gasteiger partial charge in [0, 0.05) is 19.5 Å². The van der Waals surface area contributed by atoms with Gasteiger partial charge in [0.25, 0.3) is 0 Å². The summed E-state index contributed by atoms with van der Waals surface area (Å²) in [6.07, 6.45) is 0.816. The summed E-state index contributed by atoms with van der Waals surface area (Å²) in [5.74, 6) is -0.00508. The van der Waals surface area contributed by atoms with Crippen LogP contribution in [0.15, 0.2) is 0 Å². The van der Waals surface area contributed by atoms with E-state index in [9.17, 15) is 9.59 Å². The summed E-state index contributed by atoms with van der Waals surface area (Å²) in [5.41, 5.74) is -0.501. The maximum Gasteiger partial charge on any atom is 0.410 e. The van der Waals surface area contributed by atoms with E-state index in [0.717, 1.165) is 6.42 Å². The smallest absolute Gasteiger partial charge is 0.410 e. The quantitative estimate of drug-likeness (QED) is 0.758. The fourth-order valence-corrected chi connectivity index (χ4v) is 1.76. The fourth-order valence-electron chi connectivity index (χ4n) is 1.76. The van der Waals surface area contributed by atoms with Crippen LogP contribution in [0.2, 0.25) is 0 Å². The minimum atomic E-state index is -0.501. The number of nitrogens with zero attached hydrogens (tertiary/aromatic N) is 1. The summed E-state index contributed by atoms with van der Waals surface area (Å²) in [6, 6.07) is 0.0244. The molecule has 0 radical (unpaired) electrons. The molecule has 2 amide bonds. The van der Waals surface area contributed by atoms with Gasteiger partial charge in [-0.3, -0.25) is 4.79 Å². The van der Waals surface area contributed by atoms with Crippen molar-refractivity contribution in [2.24, 2.45) is 0 Å². The molecule has 1 heterocycles. The van der Waals surface area contributed by atoms with Gasteiger partial charge in [-0.2, -0.15) is 0 Å². The standard InChI is InChI=1S/C12H22N2O3/c1-5-9-8-13-10(15)6-7-14(9)11(16)17-12(2,3)4/h9H,5-8H2,1-4H3,(H,13,15)/t9-/m0/s1. The van der Waals surface area contributed by atoms with Crippen LogP contribution in [0, 0.1) is 0 Å². The Balaban J connectivity index is 2.70. The predicted molar refractivity (Wildman–Crippen MR) is 64.6 cm³/mol. The molecule has 1 aliphatic heterocycles. The van der Waals surface area contributed by atoms with Crippen molar-refractivity contribution >= 4 is 12.0 Å². The van der Waals surface area contributed by atoms with Crippen molar-refractivity contribution in [2.75, 3.05) is 13.1 Å². The van der Waals surface area contributed by atoms with Crippen molar-refractivity contribution in [3.63, 3.8) is 0 Å². The van der Waals surface area contributed by atoms with E-state index in [1.54, 1.807) is 4.90 Å². The van der Waals surface area contributed by atoms with Crippen LogP contribution in [-0.2, 0) is 9.53 Å². The number of ether oxygens (including phenoxy) is 1. The Labute approximate surface area is 102 Å². The summed E-state index contributed by atoms with van der Waals surface area (Å²) in [6.45, 7) is 8.46. The molecule has 5 heteroatoms. The lowest BCUT2D eigenvalue weighted by molar-refractivity contribution is -0.120. The summed E-state index contributed by atoms with van der Waals surface area (Å²) in [7, 11) is 0. The van der Waals surface area contributed by atoms with Crippen LogP contribution in [0.25, 0.3) is 0 Å². The van der Waals surface area contributed by atoms with E-state index in [1.807, 2.05) is 27.7 Å². The Morgan fingerprint density at radius 1 is 1.53 bits per heavy atom. The molecule has 1 fully saturated rings. The van der Waals surface area contributed by atoms with E-state index in [0.29, 0.717) is 19.5 Å². The van der Waals surface area contributed by atoms with E-state index in [1.165, 1.54) is 0 Å². The van der Waals surface area contributed by atoms with Gasteiger partial charge in [0.15, 0.2) is 0 Å². The number of nitrogens with one attached hydrogen (secondary N) is 1. The molecule has 98 valence electrons. The van der Waals surface area contributed by atoms with Crippen LogP contribution >= 0.6 is 0 Å². The molecule has 1 aliphatic rings. The molecule has 17 heavy (non-hydrogen) atoms. The monoisotopic (exact) mass is 242 g/mol. The van der Waals surface area contributed by atoms with Crippen LogP contribution in [0.4, 0.5) is 4.79 Å². The second-order valence-electron chi connectivity index (χ2n) is 5.29. The number of rotatable bonds is 1. The molecule has 1 saturated heterocycles. The molecule has 0 spiro atoms. The van der Waals surface area contributed by atoms with Gasteiger partial charge >= 0.3 is 6.09 Å². The van der Waals surface area contributed by atoms with Crippen LogP contribution in [0.1, 0.15) is 40.5 Å². The van der Waals surface area contributed by atoms with Crippen LogP contribution in [0.3, 0.4) is 0 Å². The molecule has 1 rings (SSSR count). The maximum absolute atomic E-state index is 12.0. The number of amides is 2. The van der Waals surface area contributed by atoms with Crippen molar-refractivity contribution in [3.8, 4) is 0 Å². The maximum atomic E-state index is 12.0. The van der Waals surface area contributed by atoms with Crippen molar-refractivity contribution in [1.29, 1.82) is 0 Å². The Kier molecular flexibility index (Phi) is 4.37. The Bertz CT molecular complexity index is 297. The van der Waals surface area contributed by atoms with Crippen LogP contribution in [0.5, 0.6) is 0 Å². The van der Waals surface area contributed by atoms with E-state index >= 15 is 0 Å². The Morgan fingerprint density at radius 3 is 2.71 bits per heavy atom. The molecule has 0 aromatic rings. The molecule has 0 aromatic heterocycles. The van der Waals surface area contributed by atoms with Gasteiger partial charge in [-0.15, -0.1) is 0 Å². The lowest BCUT2D eigenvalue weighted by Gasteiger charge is -2.31.